The summed E-state index contributed by atoms with van der Waals surface area (Å²) in [5.74, 6) is 0.842. The molecular formula is C11H22N2. The van der Waals surface area contributed by atoms with Gasteiger partial charge in [0.15, 0.2) is 0 Å². The first-order chi connectivity index (χ1) is 6.08. The Balaban J connectivity index is 1.95. The van der Waals surface area contributed by atoms with Crippen LogP contribution in [0.2, 0.25) is 0 Å². The fourth-order valence-electron chi connectivity index (χ4n) is 2.72. The van der Waals surface area contributed by atoms with Gasteiger partial charge in [-0.3, -0.25) is 4.90 Å². The highest BCUT2D eigenvalue weighted by atomic mass is 15.2. The summed E-state index contributed by atoms with van der Waals surface area (Å²) in [4.78, 5) is 2.69. The summed E-state index contributed by atoms with van der Waals surface area (Å²) >= 11 is 0. The maximum absolute atomic E-state index is 3.48. The van der Waals surface area contributed by atoms with Gasteiger partial charge in [0.1, 0.15) is 0 Å². The monoisotopic (exact) mass is 182 g/mol. The van der Waals surface area contributed by atoms with Gasteiger partial charge in [-0.15, -0.1) is 0 Å². The van der Waals surface area contributed by atoms with Crippen LogP contribution in [0.15, 0.2) is 0 Å². The van der Waals surface area contributed by atoms with Gasteiger partial charge in [0.25, 0.3) is 0 Å². The van der Waals surface area contributed by atoms with Crippen LogP contribution in [0.5, 0.6) is 0 Å². The number of nitrogens with one attached hydrogen (secondary N) is 1. The topological polar surface area (TPSA) is 15.3 Å². The van der Waals surface area contributed by atoms with Crippen molar-refractivity contribution in [1.29, 1.82) is 0 Å². The van der Waals surface area contributed by atoms with E-state index in [0.29, 0.717) is 5.41 Å². The summed E-state index contributed by atoms with van der Waals surface area (Å²) in [5, 5.41) is 3.48. The molecule has 13 heavy (non-hydrogen) atoms. The molecule has 2 heteroatoms. The van der Waals surface area contributed by atoms with Crippen molar-refractivity contribution in [3.05, 3.63) is 0 Å². The molecule has 2 atom stereocenters. The Morgan fingerprint density at radius 2 is 2.08 bits per heavy atom. The van der Waals surface area contributed by atoms with Gasteiger partial charge in [0.05, 0.1) is 0 Å². The molecule has 2 nitrogen and oxygen atoms in total. The van der Waals surface area contributed by atoms with Gasteiger partial charge in [-0.2, -0.15) is 0 Å². The first-order valence-electron chi connectivity index (χ1n) is 5.53. The Labute approximate surface area is 81.7 Å². The van der Waals surface area contributed by atoms with E-state index in [9.17, 15) is 0 Å². The Bertz CT molecular complexity index is 189. The number of rotatable bonds is 1. The van der Waals surface area contributed by atoms with E-state index >= 15 is 0 Å². The van der Waals surface area contributed by atoms with Crippen LogP contribution in [0.4, 0.5) is 0 Å². The van der Waals surface area contributed by atoms with Gasteiger partial charge in [0.2, 0.25) is 0 Å². The molecule has 2 fully saturated rings. The predicted molar refractivity (Wildman–Crippen MR) is 55.8 cm³/mol. The Kier molecular flexibility index (Phi) is 2.37. The van der Waals surface area contributed by atoms with Crippen molar-refractivity contribution in [2.24, 2.45) is 11.3 Å². The number of nitrogens with zero attached hydrogens (tertiary/aromatic N) is 1. The van der Waals surface area contributed by atoms with E-state index in [2.05, 4.69) is 31.0 Å². The van der Waals surface area contributed by atoms with E-state index in [1.165, 1.54) is 32.6 Å². The Hall–Kier alpha value is -0.0800. The number of hydrogen-bond acceptors (Lipinski definition) is 2. The van der Waals surface area contributed by atoms with Crippen LogP contribution in [-0.4, -0.2) is 37.1 Å². The minimum absolute atomic E-state index is 0.558. The molecular weight excluding hydrogens is 160 g/mol. The van der Waals surface area contributed by atoms with Gasteiger partial charge in [-0.25, -0.2) is 0 Å². The van der Waals surface area contributed by atoms with Crippen molar-refractivity contribution < 1.29 is 0 Å². The summed E-state index contributed by atoms with van der Waals surface area (Å²) in [7, 11) is 0. The Morgan fingerprint density at radius 1 is 1.31 bits per heavy atom. The lowest BCUT2D eigenvalue weighted by Crippen LogP contribution is -2.39. The molecule has 2 heterocycles. The molecule has 0 saturated carbocycles. The summed E-state index contributed by atoms with van der Waals surface area (Å²) in [6, 6.07) is 0.807. The average Bonchev–Trinajstić information content (AvgIpc) is 2.56. The van der Waals surface area contributed by atoms with E-state index in [4.69, 9.17) is 0 Å². The van der Waals surface area contributed by atoms with Crippen LogP contribution in [0, 0.1) is 11.3 Å². The molecule has 0 aromatic rings. The fraction of sp³-hybridized carbons (Fsp3) is 1.00. The number of hydrogen-bond donors (Lipinski definition) is 1. The van der Waals surface area contributed by atoms with Crippen LogP contribution in [0.3, 0.4) is 0 Å². The molecule has 0 aromatic carbocycles. The van der Waals surface area contributed by atoms with E-state index in [1.54, 1.807) is 0 Å². The molecule has 0 bridgehead atoms. The van der Waals surface area contributed by atoms with Crippen molar-refractivity contribution in [2.75, 3.05) is 26.2 Å². The van der Waals surface area contributed by atoms with Gasteiger partial charge in [-0.1, -0.05) is 20.8 Å². The average molecular weight is 182 g/mol. The third-order valence-electron chi connectivity index (χ3n) is 3.65. The number of likely N-dealkylation sites (tertiary alicyclic amines) is 1. The zero-order chi connectivity index (χ0) is 9.47. The highest BCUT2D eigenvalue weighted by molar-refractivity contribution is 4.92. The Morgan fingerprint density at radius 3 is 2.54 bits per heavy atom. The molecule has 2 aliphatic heterocycles. The second-order valence-corrected chi connectivity index (χ2v) is 5.59. The second-order valence-electron chi connectivity index (χ2n) is 5.59. The van der Waals surface area contributed by atoms with E-state index in [1.807, 2.05) is 0 Å². The van der Waals surface area contributed by atoms with Crippen LogP contribution in [-0.2, 0) is 0 Å². The minimum Gasteiger partial charge on any atom is -0.315 e. The molecule has 2 aliphatic rings. The quantitative estimate of drug-likeness (QED) is 0.658. The lowest BCUT2D eigenvalue weighted by atomic mass is 9.93. The summed E-state index contributed by atoms with van der Waals surface area (Å²) in [6.07, 6.45) is 1.37. The zero-order valence-corrected chi connectivity index (χ0v) is 9.14. The molecule has 0 radical (unpaired) electrons. The lowest BCUT2D eigenvalue weighted by Gasteiger charge is -2.28. The molecule has 0 aromatic heterocycles. The lowest BCUT2D eigenvalue weighted by molar-refractivity contribution is 0.198. The van der Waals surface area contributed by atoms with Crippen molar-refractivity contribution >= 4 is 0 Å². The first-order valence-corrected chi connectivity index (χ1v) is 5.53. The molecule has 76 valence electrons. The standard InChI is InChI=1S/C11H22N2/c1-9-6-12-7-10(9)13-5-4-11(2,3)8-13/h9-10,12H,4-8H2,1-3H3. The van der Waals surface area contributed by atoms with E-state index in [-0.39, 0.29) is 0 Å². The molecule has 0 amide bonds. The summed E-state index contributed by atoms with van der Waals surface area (Å²) in [5.41, 5.74) is 0.558. The molecule has 1 N–H and O–H groups in total. The van der Waals surface area contributed by atoms with Crippen molar-refractivity contribution in [3.8, 4) is 0 Å². The van der Waals surface area contributed by atoms with E-state index in [0.717, 1.165) is 12.0 Å². The largest absolute Gasteiger partial charge is 0.315 e. The molecule has 2 unspecified atom stereocenters. The maximum Gasteiger partial charge on any atom is 0.0258 e. The van der Waals surface area contributed by atoms with Crippen LogP contribution in [0.25, 0.3) is 0 Å². The van der Waals surface area contributed by atoms with Crippen LogP contribution < -0.4 is 5.32 Å². The molecule has 0 spiro atoms. The second kappa shape index (κ2) is 3.25. The third kappa shape index (κ3) is 1.89. The highest BCUT2D eigenvalue weighted by Gasteiger charge is 2.36. The SMILES string of the molecule is CC1CNCC1N1CCC(C)(C)C1. The van der Waals surface area contributed by atoms with Crippen molar-refractivity contribution in [2.45, 2.75) is 33.2 Å². The minimum atomic E-state index is 0.558. The predicted octanol–water partition coefficient (Wildman–Crippen LogP) is 1.33. The zero-order valence-electron chi connectivity index (χ0n) is 9.14. The molecule has 2 saturated heterocycles. The van der Waals surface area contributed by atoms with Gasteiger partial charge in [0, 0.05) is 19.1 Å². The van der Waals surface area contributed by atoms with Crippen molar-refractivity contribution in [3.63, 3.8) is 0 Å². The molecule has 0 aliphatic carbocycles. The summed E-state index contributed by atoms with van der Waals surface area (Å²) < 4.78 is 0. The highest BCUT2D eigenvalue weighted by Crippen LogP contribution is 2.32. The first kappa shape index (κ1) is 9.47. The van der Waals surface area contributed by atoms with E-state index < -0.39 is 0 Å². The van der Waals surface area contributed by atoms with Crippen molar-refractivity contribution in [1.82, 2.24) is 10.2 Å². The molecule has 2 rings (SSSR count). The third-order valence-corrected chi connectivity index (χ3v) is 3.65. The van der Waals surface area contributed by atoms with Crippen LogP contribution in [0.1, 0.15) is 27.2 Å². The fourth-order valence-corrected chi connectivity index (χ4v) is 2.72. The van der Waals surface area contributed by atoms with Crippen LogP contribution >= 0.6 is 0 Å². The van der Waals surface area contributed by atoms with Gasteiger partial charge < -0.3 is 5.32 Å². The normalized spacial score (nSPS) is 39.9. The van der Waals surface area contributed by atoms with Gasteiger partial charge >= 0.3 is 0 Å². The summed E-state index contributed by atoms with van der Waals surface area (Å²) in [6.45, 7) is 12.2. The smallest absolute Gasteiger partial charge is 0.0258 e. The maximum atomic E-state index is 3.48. The van der Waals surface area contributed by atoms with Gasteiger partial charge in [-0.05, 0) is 30.8 Å².